The lowest BCUT2D eigenvalue weighted by Gasteiger charge is -2.03. The van der Waals surface area contributed by atoms with Crippen LogP contribution in [0.3, 0.4) is 0 Å². The van der Waals surface area contributed by atoms with Gasteiger partial charge in [0.15, 0.2) is 5.13 Å². The number of nitrogens with one attached hydrogen (secondary N) is 1. The van der Waals surface area contributed by atoms with Crippen LogP contribution in [0.25, 0.3) is 11.3 Å². The Labute approximate surface area is 135 Å². The van der Waals surface area contributed by atoms with Gasteiger partial charge in [-0.05, 0) is 18.6 Å². The van der Waals surface area contributed by atoms with Crippen molar-refractivity contribution in [3.05, 3.63) is 34.1 Å². The van der Waals surface area contributed by atoms with Gasteiger partial charge in [0.25, 0.3) is 0 Å². The summed E-state index contributed by atoms with van der Waals surface area (Å²) in [6.07, 6.45) is 0.417. The monoisotopic (exact) mass is 394 g/mol. The smallest absolute Gasteiger partial charge is 0.234 e. The maximum absolute atomic E-state index is 11.7. The number of halogens is 2. The molecule has 0 saturated heterocycles. The molecule has 0 radical (unpaired) electrons. The largest absolute Gasteiger partial charge is 0.259 e. The summed E-state index contributed by atoms with van der Waals surface area (Å²) in [6.45, 7) is 0. The van der Waals surface area contributed by atoms with Crippen LogP contribution in [-0.2, 0) is 10.0 Å². The molecule has 8 heteroatoms. The fourth-order valence-electron chi connectivity index (χ4n) is 1.53. The summed E-state index contributed by atoms with van der Waals surface area (Å²) in [6, 6.07) is 7.68. The highest BCUT2D eigenvalue weighted by atomic mass is 79.9. The molecule has 108 valence electrons. The Hall–Kier alpha value is -0.630. The zero-order valence-electron chi connectivity index (χ0n) is 10.3. The molecule has 0 amide bonds. The summed E-state index contributed by atoms with van der Waals surface area (Å²) in [5, 5.41) is 2.19. The quantitative estimate of drug-likeness (QED) is 0.754. The van der Waals surface area contributed by atoms with Gasteiger partial charge in [0, 0.05) is 21.3 Å². The van der Waals surface area contributed by atoms with Crippen molar-refractivity contribution in [2.24, 2.45) is 0 Å². The lowest BCUT2D eigenvalue weighted by Crippen LogP contribution is -2.16. The van der Waals surface area contributed by atoms with Crippen molar-refractivity contribution in [1.82, 2.24) is 4.98 Å². The van der Waals surface area contributed by atoms with Crippen LogP contribution in [-0.4, -0.2) is 25.0 Å². The van der Waals surface area contributed by atoms with Crippen LogP contribution >= 0.6 is 38.9 Å². The van der Waals surface area contributed by atoms with Crippen molar-refractivity contribution in [3.8, 4) is 11.3 Å². The molecule has 1 aromatic heterocycles. The van der Waals surface area contributed by atoms with Gasteiger partial charge in [0.2, 0.25) is 10.0 Å². The van der Waals surface area contributed by atoms with E-state index >= 15 is 0 Å². The number of sulfonamides is 1. The van der Waals surface area contributed by atoms with Crippen LogP contribution in [0.15, 0.2) is 34.1 Å². The molecule has 1 heterocycles. The number of hydrogen-bond donors (Lipinski definition) is 1. The lowest BCUT2D eigenvalue weighted by atomic mass is 10.2. The molecular weight excluding hydrogens is 384 g/mol. The van der Waals surface area contributed by atoms with Gasteiger partial charge >= 0.3 is 0 Å². The van der Waals surface area contributed by atoms with E-state index in [1.165, 1.54) is 11.3 Å². The number of alkyl halides is 1. The average Bonchev–Trinajstić information content (AvgIpc) is 2.84. The molecule has 2 aromatic rings. The molecule has 0 aliphatic rings. The molecule has 0 fully saturated rings. The topological polar surface area (TPSA) is 59.1 Å². The van der Waals surface area contributed by atoms with E-state index in [2.05, 4.69) is 25.6 Å². The minimum absolute atomic E-state index is 0.00228. The first kappa shape index (κ1) is 15.8. The summed E-state index contributed by atoms with van der Waals surface area (Å²) in [5.74, 6) is 0.324. The van der Waals surface area contributed by atoms with E-state index in [0.717, 1.165) is 15.7 Å². The normalized spacial score (nSPS) is 11.5. The summed E-state index contributed by atoms with van der Waals surface area (Å²) in [7, 11) is -3.37. The Balaban J connectivity index is 2.13. The Kier molecular flexibility index (Phi) is 5.42. The lowest BCUT2D eigenvalue weighted by molar-refractivity contribution is 0.600. The molecule has 0 atom stereocenters. The predicted octanol–water partition coefficient (Wildman–Crippen LogP) is 3.94. The number of thiazole rings is 1. The Bertz CT molecular complexity index is 688. The number of aromatic nitrogens is 1. The number of hydrogen-bond acceptors (Lipinski definition) is 4. The van der Waals surface area contributed by atoms with Crippen molar-refractivity contribution >= 4 is 54.0 Å². The third-order valence-corrected chi connectivity index (χ3v) is 5.39. The summed E-state index contributed by atoms with van der Waals surface area (Å²) < 4.78 is 26.9. The van der Waals surface area contributed by atoms with E-state index in [1.807, 2.05) is 29.6 Å². The van der Waals surface area contributed by atoms with E-state index in [0.29, 0.717) is 17.4 Å². The van der Waals surface area contributed by atoms with Crippen molar-refractivity contribution in [1.29, 1.82) is 0 Å². The van der Waals surface area contributed by atoms with Crippen LogP contribution in [0.5, 0.6) is 0 Å². The molecule has 1 N–H and O–H groups in total. The molecule has 0 spiro atoms. The molecule has 0 aliphatic heterocycles. The fourth-order valence-corrected chi connectivity index (χ4v) is 4.30. The van der Waals surface area contributed by atoms with Crippen LogP contribution in [0.2, 0.25) is 0 Å². The van der Waals surface area contributed by atoms with Crippen molar-refractivity contribution in [2.45, 2.75) is 6.42 Å². The molecular formula is C12H12BrClN2O2S2. The molecule has 0 saturated carbocycles. The molecule has 1 aromatic carbocycles. The van der Waals surface area contributed by atoms with Crippen LogP contribution in [0.1, 0.15) is 6.42 Å². The van der Waals surface area contributed by atoms with Gasteiger partial charge in [-0.2, -0.15) is 0 Å². The van der Waals surface area contributed by atoms with Gasteiger partial charge < -0.3 is 0 Å². The Morgan fingerprint density at radius 2 is 2.20 bits per heavy atom. The second-order valence-corrected chi connectivity index (χ2v) is 8.01. The standard InChI is InChI=1S/C12H12BrClN2O2S2/c13-10-4-1-3-9(7-10)11-8-19-12(15-11)16-20(17,18)6-2-5-14/h1,3-4,7-8H,2,5-6H2,(H,15,16). The van der Waals surface area contributed by atoms with Crippen molar-refractivity contribution in [2.75, 3.05) is 16.4 Å². The maximum Gasteiger partial charge on any atom is 0.234 e. The van der Waals surface area contributed by atoms with E-state index in [9.17, 15) is 8.42 Å². The molecule has 2 rings (SSSR count). The van der Waals surface area contributed by atoms with E-state index < -0.39 is 10.0 Å². The first-order valence-electron chi connectivity index (χ1n) is 5.78. The summed E-state index contributed by atoms with van der Waals surface area (Å²) in [5.41, 5.74) is 1.67. The van der Waals surface area contributed by atoms with Gasteiger partial charge in [0.05, 0.1) is 11.4 Å². The van der Waals surface area contributed by atoms with Gasteiger partial charge in [-0.25, -0.2) is 13.4 Å². The van der Waals surface area contributed by atoms with Crippen LogP contribution in [0.4, 0.5) is 5.13 Å². The Morgan fingerprint density at radius 3 is 2.90 bits per heavy atom. The summed E-state index contributed by atoms with van der Waals surface area (Å²) in [4.78, 5) is 4.29. The number of anilines is 1. The molecule has 0 aliphatic carbocycles. The number of nitrogens with zero attached hydrogens (tertiary/aromatic N) is 1. The van der Waals surface area contributed by atoms with E-state index in [1.54, 1.807) is 0 Å². The Morgan fingerprint density at radius 1 is 1.40 bits per heavy atom. The second kappa shape index (κ2) is 6.89. The van der Waals surface area contributed by atoms with Gasteiger partial charge in [-0.15, -0.1) is 22.9 Å². The highest BCUT2D eigenvalue weighted by Gasteiger charge is 2.13. The first-order valence-corrected chi connectivity index (χ1v) is 9.64. The van der Waals surface area contributed by atoms with E-state index in [4.69, 9.17) is 11.6 Å². The predicted molar refractivity (Wildman–Crippen MR) is 88.0 cm³/mol. The number of rotatable bonds is 6. The minimum Gasteiger partial charge on any atom is -0.259 e. The molecule has 4 nitrogen and oxygen atoms in total. The van der Waals surface area contributed by atoms with Gasteiger partial charge in [-0.1, -0.05) is 28.1 Å². The van der Waals surface area contributed by atoms with Gasteiger partial charge in [0.1, 0.15) is 0 Å². The average molecular weight is 396 g/mol. The fraction of sp³-hybridized carbons (Fsp3) is 0.250. The van der Waals surface area contributed by atoms with Crippen molar-refractivity contribution < 1.29 is 8.42 Å². The maximum atomic E-state index is 11.7. The molecule has 20 heavy (non-hydrogen) atoms. The first-order chi connectivity index (χ1) is 9.50. The minimum atomic E-state index is -3.37. The highest BCUT2D eigenvalue weighted by molar-refractivity contribution is 9.10. The SMILES string of the molecule is O=S(=O)(CCCCl)Nc1nc(-c2cccc(Br)c2)cs1. The summed E-state index contributed by atoms with van der Waals surface area (Å²) >= 11 is 10.2. The third kappa shape index (κ3) is 4.44. The highest BCUT2D eigenvalue weighted by Crippen LogP contribution is 2.27. The van der Waals surface area contributed by atoms with Crippen LogP contribution < -0.4 is 4.72 Å². The van der Waals surface area contributed by atoms with Gasteiger partial charge in [-0.3, -0.25) is 4.72 Å². The zero-order chi connectivity index (χ0) is 14.6. The number of benzene rings is 1. The van der Waals surface area contributed by atoms with E-state index in [-0.39, 0.29) is 5.75 Å². The van der Waals surface area contributed by atoms with Crippen LogP contribution in [0, 0.1) is 0 Å². The third-order valence-electron chi connectivity index (χ3n) is 2.41. The zero-order valence-corrected chi connectivity index (χ0v) is 14.3. The molecule has 0 unspecified atom stereocenters. The molecule has 0 bridgehead atoms. The second-order valence-electron chi connectivity index (χ2n) is 4.01. The van der Waals surface area contributed by atoms with Crippen molar-refractivity contribution in [3.63, 3.8) is 0 Å².